The molecule has 4 rings (SSSR count). The molecule has 0 saturated heterocycles. The van der Waals surface area contributed by atoms with E-state index in [1.165, 1.54) is 17.0 Å². The highest BCUT2D eigenvalue weighted by molar-refractivity contribution is 14.1. The van der Waals surface area contributed by atoms with Gasteiger partial charge in [0, 0.05) is 27.1 Å². The number of hydrogen-bond donors (Lipinski definition) is 1. The lowest BCUT2D eigenvalue weighted by molar-refractivity contribution is -0.140. The SMILES string of the molecule is CC(C)NC(=O)[C@H](Cc1ccccc1)N(Cc1cccc(Br)c1)C(=O)CN(c1ccc(I)cc1)S(=O)(=O)c1ccccc1. The molecule has 7 nitrogen and oxygen atoms in total. The predicted molar refractivity (Wildman–Crippen MR) is 182 cm³/mol. The van der Waals surface area contributed by atoms with Crippen LogP contribution in [0.3, 0.4) is 0 Å². The molecule has 0 bridgehead atoms. The van der Waals surface area contributed by atoms with E-state index < -0.39 is 28.5 Å². The van der Waals surface area contributed by atoms with Crippen molar-refractivity contribution >= 4 is 66.0 Å². The molecule has 2 amide bonds. The number of sulfonamides is 1. The maximum absolute atomic E-state index is 14.4. The quantitative estimate of drug-likeness (QED) is 0.169. The highest BCUT2D eigenvalue weighted by Gasteiger charge is 2.34. The van der Waals surface area contributed by atoms with Crippen LogP contribution in [0.15, 0.2) is 119 Å². The van der Waals surface area contributed by atoms with Crippen LogP contribution in [0, 0.1) is 3.57 Å². The van der Waals surface area contributed by atoms with Crippen molar-refractivity contribution in [2.24, 2.45) is 0 Å². The summed E-state index contributed by atoms with van der Waals surface area (Å²) in [6, 6.07) is 30.9. The molecule has 0 fully saturated rings. The Bertz CT molecular complexity index is 1640. The van der Waals surface area contributed by atoms with E-state index in [-0.39, 0.29) is 29.8 Å². The van der Waals surface area contributed by atoms with Gasteiger partial charge >= 0.3 is 0 Å². The number of nitrogens with zero attached hydrogens (tertiary/aromatic N) is 2. The van der Waals surface area contributed by atoms with Crippen molar-refractivity contribution in [1.29, 1.82) is 0 Å². The van der Waals surface area contributed by atoms with E-state index in [2.05, 4.69) is 43.8 Å². The molecule has 0 aliphatic heterocycles. The normalized spacial score (nSPS) is 12.0. The minimum atomic E-state index is -4.12. The molecule has 0 radical (unpaired) electrons. The summed E-state index contributed by atoms with van der Waals surface area (Å²) in [4.78, 5) is 29.7. The molecule has 0 aliphatic rings. The van der Waals surface area contributed by atoms with Crippen LogP contribution in [0.4, 0.5) is 5.69 Å². The van der Waals surface area contributed by atoms with Crippen LogP contribution in [0.2, 0.25) is 0 Å². The average molecular weight is 775 g/mol. The molecule has 224 valence electrons. The van der Waals surface area contributed by atoms with E-state index in [9.17, 15) is 18.0 Å². The van der Waals surface area contributed by atoms with Crippen molar-refractivity contribution in [3.05, 3.63) is 128 Å². The fourth-order valence-corrected chi connectivity index (χ4v) is 6.86. The summed E-state index contributed by atoms with van der Waals surface area (Å²) in [6.07, 6.45) is 0.258. The fraction of sp³-hybridized carbons (Fsp3) is 0.212. The molecular weight excluding hydrogens is 741 g/mol. The van der Waals surface area contributed by atoms with Crippen LogP contribution in [-0.4, -0.2) is 43.8 Å². The summed E-state index contributed by atoms with van der Waals surface area (Å²) in [5, 5.41) is 2.97. The number of benzene rings is 4. The van der Waals surface area contributed by atoms with Crippen LogP contribution in [0.25, 0.3) is 0 Å². The zero-order chi connectivity index (χ0) is 31.0. The molecule has 0 saturated carbocycles. The third-order valence-corrected chi connectivity index (χ3v) is 9.67. The summed E-state index contributed by atoms with van der Waals surface area (Å²) >= 11 is 5.65. The second-order valence-corrected chi connectivity index (χ2v) is 14.3. The number of anilines is 1. The maximum atomic E-state index is 14.4. The topological polar surface area (TPSA) is 86.8 Å². The smallest absolute Gasteiger partial charge is 0.264 e. The van der Waals surface area contributed by atoms with Crippen molar-refractivity contribution in [1.82, 2.24) is 10.2 Å². The zero-order valence-corrected chi connectivity index (χ0v) is 28.4. The monoisotopic (exact) mass is 773 g/mol. The van der Waals surface area contributed by atoms with E-state index in [0.717, 1.165) is 23.5 Å². The summed E-state index contributed by atoms with van der Waals surface area (Å²) in [5.41, 5.74) is 2.03. The molecular formula is C33H33BrIN3O4S. The number of halogens is 2. The number of carbonyl (C=O) groups is 2. The van der Waals surface area contributed by atoms with Crippen molar-refractivity contribution in [2.75, 3.05) is 10.8 Å². The van der Waals surface area contributed by atoms with Gasteiger partial charge in [-0.25, -0.2) is 8.42 Å². The lowest BCUT2D eigenvalue weighted by Crippen LogP contribution is -2.54. The summed E-state index contributed by atoms with van der Waals surface area (Å²) < 4.78 is 30.8. The van der Waals surface area contributed by atoms with Gasteiger partial charge in [0.1, 0.15) is 12.6 Å². The molecule has 0 aromatic heterocycles. The van der Waals surface area contributed by atoms with E-state index in [1.807, 2.05) is 68.4 Å². The number of rotatable bonds is 12. The second kappa shape index (κ2) is 15.0. The van der Waals surface area contributed by atoms with Crippen molar-refractivity contribution in [3.63, 3.8) is 0 Å². The lowest BCUT2D eigenvalue weighted by atomic mass is 10.0. The third-order valence-electron chi connectivity index (χ3n) is 6.67. The third kappa shape index (κ3) is 8.90. The number of nitrogens with one attached hydrogen (secondary N) is 1. The van der Waals surface area contributed by atoms with Gasteiger partial charge < -0.3 is 10.2 Å². The van der Waals surface area contributed by atoms with Gasteiger partial charge in [0.2, 0.25) is 11.8 Å². The first-order valence-electron chi connectivity index (χ1n) is 13.8. The minimum Gasteiger partial charge on any atom is -0.352 e. The highest BCUT2D eigenvalue weighted by atomic mass is 127. The molecule has 4 aromatic rings. The highest BCUT2D eigenvalue weighted by Crippen LogP contribution is 2.26. The Kier molecular flexibility index (Phi) is 11.4. The Morgan fingerprint density at radius 3 is 2.05 bits per heavy atom. The molecule has 1 atom stereocenters. The summed E-state index contributed by atoms with van der Waals surface area (Å²) in [5.74, 6) is -0.813. The first-order valence-corrected chi connectivity index (χ1v) is 17.1. The lowest BCUT2D eigenvalue weighted by Gasteiger charge is -2.34. The molecule has 1 N–H and O–H groups in total. The Labute approximate surface area is 275 Å². The average Bonchev–Trinajstić information content (AvgIpc) is 2.98. The van der Waals surface area contributed by atoms with Crippen LogP contribution in [0.1, 0.15) is 25.0 Å². The zero-order valence-electron chi connectivity index (χ0n) is 23.9. The maximum Gasteiger partial charge on any atom is 0.264 e. The first-order chi connectivity index (χ1) is 20.5. The first kappa shape index (κ1) is 32.7. The number of hydrogen-bond acceptors (Lipinski definition) is 4. The molecule has 0 heterocycles. The van der Waals surface area contributed by atoms with Crippen LogP contribution >= 0.6 is 38.5 Å². The fourth-order valence-electron chi connectivity index (χ4n) is 4.62. The van der Waals surface area contributed by atoms with E-state index in [4.69, 9.17) is 0 Å². The van der Waals surface area contributed by atoms with Crippen molar-refractivity contribution in [2.45, 2.75) is 43.8 Å². The van der Waals surface area contributed by atoms with Crippen molar-refractivity contribution < 1.29 is 18.0 Å². The standard InChI is InChI=1S/C33H33BrIN3O4S/c1-24(2)36-33(40)31(21-25-10-5-3-6-11-25)37(22-26-12-9-13-27(34)20-26)32(39)23-38(29-18-16-28(35)17-19-29)43(41,42)30-14-7-4-8-15-30/h3-20,24,31H,21-23H2,1-2H3,(H,36,40)/t31-/m0/s1. The van der Waals surface area contributed by atoms with Gasteiger partial charge in [0.25, 0.3) is 10.0 Å². The Morgan fingerprint density at radius 1 is 0.837 bits per heavy atom. The molecule has 43 heavy (non-hydrogen) atoms. The van der Waals surface area contributed by atoms with Gasteiger partial charge in [-0.3, -0.25) is 13.9 Å². The molecule has 10 heteroatoms. The molecule has 4 aromatic carbocycles. The van der Waals surface area contributed by atoms with Gasteiger partial charge in [-0.2, -0.15) is 0 Å². The van der Waals surface area contributed by atoms with Gasteiger partial charge in [0.15, 0.2) is 0 Å². The van der Waals surface area contributed by atoms with Crippen LogP contribution < -0.4 is 9.62 Å². The predicted octanol–water partition coefficient (Wildman–Crippen LogP) is 6.41. The van der Waals surface area contributed by atoms with Crippen LogP contribution in [0.5, 0.6) is 0 Å². The summed E-state index contributed by atoms with van der Waals surface area (Å²) in [7, 11) is -4.12. The van der Waals surface area contributed by atoms with Gasteiger partial charge in [0.05, 0.1) is 10.6 Å². The molecule has 0 unspecified atom stereocenters. The summed E-state index contributed by atoms with van der Waals surface area (Å²) in [6.45, 7) is 3.34. The number of amides is 2. The van der Waals surface area contributed by atoms with Crippen LogP contribution in [-0.2, 0) is 32.6 Å². The van der Waals surface area contributed by atoms with E-state index in [1.54, 1.807) is 42.5 Å². The minimum absolute atomic E-state index is 0.0678. The van der Waals surface area contributed by atoms with E-state index in [0.29, 0.717) is 5.69 Å². The van der Waals surface area contributed by atoms with E-state index >= 15 is 0 Å². The second-order valence-electron chi connectivity index (χ2n) is 10.3. The Hall–Kier alpha value is -3.22. The molecule has 0 aliphatic carbocycles. The number of carbonyl (C=O) groups excluding carboxylic acids is 2. The Balaban J connectivity index is 1.79. The Morgan fingerprint density at radius 2 is 1.44 bits per heavy atom. The van der Waals surface area contributed by atoms with Gasteiger partial charge in [-0.05, 0) is 96.1 Å². The van der Waals surface area contributed by atoms with Crippen molar-refractivity contribution in [3.8, 4) is 0 Å². The van der Waals surface area contributed by atoms with Gasteiger partial charge in [-0.15, -0.1) is 0 Å². The van der Waals surface area contributed by atoms with Gasteiger partial charge in [-0.1, -0.05) is 76.6 Å². The molecule has 0 spiro atoms. The largest absolute Gasteiger partial charge is 0.352 e.